The highest BCUT2D eigenvalue weighted by Crippen LogP contribution is 2.25. The second-order valence-electron chi connectivity index (χ2n) is 7.90. The highest BCUT2D eigenvalue weighted by molar-refractivity contribution is 6.32. The Bertz CT molecular complexity index is 1120. The molecule has 1 N–H and O–H groups in total. The van der Waals surface area contributed by atoms with E-state index in [-0.39, 0.29) is 5.91 Å². The Balaban J connectivity index is 1.39. The van der Waals surface area contributed by atoms with Gasteiger partial charge in [0.2, 0.25) is 0 Å². The minimum absolute atomic E-state index is 0.237. The van der Waals surface area contributed by atoms with E-state index >= 15 is 0 Å². The Labute approximate surface area is 193 Å². The topological polar surface area (TPSA) is 58.9 Å². The van der Waals surface area contributed by atoms with Crippen molar-refractivity contribution in [3.05, 3.63) is 87.7 Å². The second-order valence-corrected chi connectivity index (χ2v) is 8.31. The summed E-state index contributed by atoms with van der Waals surface area (Å²) < 4.78 is 7.47. The van der Waals surface area contributed by atoms with E-state index < -0.39 is 0 Å². The fourth-order valence-corrected chi connectivity index (χ4v) is 4.15. The minimum atomic E-state index is -0.237. The lowest BCUT2D eigenvalue weighted by Gasteiger charge is -2.26. The van der Waals surface area contributed by atoms with Crippen LogP contribution in [0.3, 0.4) is 0 Å². The Morgan fingerprint density at radius 2 is 1.84 bits per heavy atom. The van der Waals surface area contributed by atoms with Crippen molar-refractivity contribution in [3.8, 4) is 5.69 Å². The average molecular weight is 451 g/mol. The Morgan fingerprint density at radius 1 is 1.12 bits per heavy atom. The molecule has 1 aromatic heterocycles. The van der Waals surface area contributed by atoms with Crippen molar-refractivity contribution >= 4 is 23.7 Å². The number of carbonyl (C=O) groups excluding carboxylic acids is 1. The maximum absolute atomic E-state index is 12.5. The van der Waals surface area contributed by atoms with E-state index in [1.165, 1.54) is 5.56 Å². The van der Waals surface area contributed by atoms with Crippen molar-refractivity contribution in [1.82, 2.24) is 14.9 Å². The van der Waals surface area contributed by atoms with E-state index in [9.17, 15) is 4.79 Å². The van der Waals surface area contributed by atoms with Crippen LogP contribution in [0.4, 0.5) is 0 Å². The molecule has 1 aliphatic rings. The van der Waals surface area contributed by atoms with E-state index in [4.69, 9.17) is 16.3 Å². The highest BCUT2D eigenvalue weighted by atomic mass is 35.5. The fourth-order valence-electron chi connectivity index (χ4n) is 3.93. The fraction of sp³-hybridized carbons (Fsp3) is 0.280. The molecule has 0 unspecified atom stereocenters. The summed E-state index contributed by atoms with van der Waals surface area (Å²) in [4.78, 5) is 14.8. The van der Waals surface area contributed by atoms with Crippen molar-refractivity contribution in [2.45, 2.75) is 20.4 Å². The summed E-state index contributed by atoms with van der Waals surface area (Å²) in [5.41, 5.74) is 8.26. The van der Waals surface area contributed by atoms with Crippen molar-refractivity contribution in [2.75, 3.05) is 26.3 Å². The number of ether oxygens (including phenoxy) is 1. The molecule has 1 fully saturated rings. The molecule has 2 aromatic carbocycles. The van der Waals surface area contributed by atoms with Crippen molar-refractivity contribution in [2.24, 2.45) is 5.10 Å². The Hall–Kier alpha value is -2.93. The van der Waals surface area contributed by atoms with E-state index in [0.29, 0.717) is 10.6 Å². The molecule has 0 atom stereocenters. The second kappa shape index (κ2) is 10.1. The first-order chi connectivity index (χ1) is 15.5. The first-order valence-electron chi connectivity index (χ1n) is 10.7. The molecule has 0 spiro atoms. The predicted octanol–water partition coefficient (Wildman–Crippen LogP) is 4.34. The van der Waals surface area contributed by atoms with Gasteiger partial charge in [-0.1, -0.05) is 35.9 Å². The molecule has 1 aliphatic heterocycles. The number of halogens is 1. The van der Waals surface area contributed by atoms with Gasteiger partial charge in [0.15, 0.2) is 0 Å². The Kier molecular flexibility index (Phi) is 7.05. The van der Waals surface area contributed by atoms with E-state index in [1.807, 2.05) is 68.4 Å². The largest absolute Gasteiger partial charge is 0.379 e. The van der Waals surface area contributed by atoms with Crippen LogP contribution >= 0.6 is 11.6 Å². The molecule has 0 radical (unpaired) electrons. The Morgan fingerprint density at radius 3 is 2.56 bits per heavy atom. The van der Waals surface area contributed by atoms with Gasteiger partial charge in [0.1, 0.15) is 0 Å². The molecular weight excluding hydrogens is 424 g/mol. The van der Waals surface area contributed by atoms with Gasteiger partial charge in [0.25, 0.3) is 5.91 Å². The lowest BCUT2D eigenvalue weighted by atomic mass is 10.1. The normalized spacial score (nSPS) is 14.7. The third-order valence-corrected chi connectivity index (χ3v) is 5.98. The molecule has 3 aromatic rings. The average Bonchev–Trinajstić information content (AvgIpc) is 3.08. The van der Waals surface area contributed by atoms with Crippen LogP contribution in [0, 0.1) is 13.8 Å². The van der Waals surface area contributed by atoms with Gasteiger partial charge in [-0.05, 0) is 49.7 Å². The van der Waals surface area contributed by atoms with Crippen LogP contribution in [0.2, 0.25) is 5.02 Å². The maximum atomic E-state index is 12.5. The zero-order valence-corrected chi connectivity index (χ0v) is 19.1. The number of carbonyl (C=O) groups is 1. The number of aromatic nitrogens is 1. The van der Waals surface area contributed by atoms with E-state index in [0.717, 1.165) is 55.5 Å². The molecule has 0 aliphatic carbocycles. The molecular formula is C25H27ClN4O2. The number of amides is 1. The molecule has 6 nitrogen and oxygen atoms in total. The van der Waals surface area contributed by atoms with Crippen LogP contribution in [0.15, 0.2) is 59.7 Å². The highest BCUT2D eigenvalue weighted by Gasteiger charge is 2.13. The van der Waals surface area contributed by atoms with Gasteiger partial charge < -0.3 is 9.30 Å². The van der Waals surface area contributed by atoms with Crippen LogP contribution in [-0.4, -0.2) is 47.9 Å². The van der Waals surface area contributed by atoms with Crippen LogP contribution < -0.4 is 5.43 Å². The number of aryl methyl sites for hydroxylation is 1. The van der Waals surface area contributed by atoms with Crippen molar-refractivity contribution < 1.29 is 9.53 Å². The summed E-state index contributed by atoms with van der Waals surface area (Å²) in [6.45, 7) is 8.32. The van der Waals surface area contributed by atoms with Crippen LogP contribution in [0.25, 0.3) is 5.69 Å². The molecule has 0 bridgehead atoms. The van der Waals surface area contributed by atoms with Crippen LogP contribution in [-0.2, 0) is 11.3 Å². The number of hydrogen-bond acceptors (Lipinski definition) is 4. The molecule has 7 heteroatoms. The summed E-state index contributed by atoms with van der Waals surface area (Å²) in [5.74, 6) is -0.237. The number of hydrazone groups is 1. The van der Waals surface area contributed by atoms with Crippen molar-refractivity contribution in [1.29, 1.82) is 0 Å². The standard InChI is InChI=1S/C25H27ClN4O2/c1-18-15-22(19(2)30(18)24-6-4-3-5-23(24)26)16-27-28-25(31)21-9-7-20(8-10-21)17-29-11-13-32-14-12-29/h3-10,15-16H,11-14,17H2,1-2H3,(H,28,31)/b27-16+. The zero-order valence-electron chi connectivity index (χ0n) is 18.3. The van der Waals surface area contributed by atoms with Gasteiger partial charge in [-0.25, -0.2) is 5.43 Å². The first-order valence-corrected chi connectivity index (χ1v) is 11.1. The van der Waals surface area contributed by atoms with Crippen LogP contribution in [0.1, 0.15) is 32.9 Å². The number of benzene rings is 2. The number of nitrogens with zero attached hydrogens (tertiary/aromatic N) is 3. The summed E-state index contributed by atoms with van der Waals surface area (Å²) in [6, 6.07) is 17.4. The summed E-state index contributed by atoms with van der Waals surface area (Å²) in [5, 5.41) is 4.86. The number of morpholine rings is 1. The van der Waals surface area contributed by atoms with Gasteiger partial charge in [0, 0.05) is 42.1 Å². The third kappa shape index (κ3) is 5.10. The molecule has 0 saturated carbocycles. The van der Waals surface area contributed by atoms with Crippen molar-refractivity contribution in [3.63, 3.8) is 0 Å². The lowest BCUT2D eigenvalue weighted by Crippen LogP contribution is -2.35. The smallest absolute Gasteiger partial charge is 0.271 e. The first kappa shape index (κ1) is 22.3. The monoisotopic (exact) mass is 450 g/mol. The third-order valence-electron chi connectivity index (χ3n) is 5.66. The predicted molar refractivity (Wildman–Crippen MR) is 128 cm³/mol. The summed E-state index contributed by atoms with van der Waals surface area (Å²) in [7, 11) is 0. The number of para-hydroxylation sites is 1. The summed E-state index contributed by atoms with van der Waals surface area (Å²) in [6.07, 6.45) is 1.67. The molecule has 166 valence electrons. The van der Waals surface area contributed by atoms with Crippen LogP contribution in [0.5, 0.6) is 0 Å². The number of rotatable bonds is 6. The van der Waals surface area contributed by atoms with E-state index in [2.05, 4.69) is 20.0 Å². The minimum Gasteiger partial charge on any atom is -0.379 e. The van der Waals surface area contributed by atoms with Gasteiger partial charge in [-0.3, -0.25) is 9.69 Å². The van der Waals surface area contributed by atoms with Gasteiger partial charge in [-0.15, -0.1) is 0 Å². The van der Waals surface area contributed by atoms with Gasteiger partial charge in [-0.2, -0.15) is 5.10 Å². The van der Waals surface area contributed by atoms with Gasteiger partial charge in [0.05, 0.1) is 30.1 Å². The SMILES string of the molecule is Cc1cc(/C=N/NC(=O)c2ccc(CN3CCOCC3)cc2)c(C)n1-c1ccccc1Cl. The number of hydrogen-bond donors (Lipinski definition) is 1. The molecule has 4 rings (SSSR count). The van der Waals surface area contributed by atoms with Gasteiger partial charge >= 0.3 is 0 Å². The maximum Gasteiger partial charge on any atom is 0.271 e. The molecule has 32 heavy (non-hydrogen) atoms. The number of nitrogens with one attached hydrogen (secondary N) is 1. The molecule has 1 saturated heterocycles. The summed E-state index contributed by atoms with van der Waals surface area (Å²) >= 11 is 6.37. The lowest BCUT2D eigenvalue weighted by molar-refractivity contribution is 0.0342. The quantitative estimate of drug-likeness (QED) is 0.449. The zero-order chi connectivity index (χ0) is 22.5. The molecule has 1 amide bonds. The van der Waals surface area contributed by atoms with E-state index in [1.54, 1.807) is 6.21 Å². The molecule has 2 heterocycles.